The Labute approximate surface area is 192 Å². The zero-order valence-corrected chi connectivity index (χ0v) is 21.7. The van der Waals surface area contributed by atoms with Crippen LogP contribution in [0.4, 0.5) is 0 Å². The molecule has 6 heteroatoms. The van der Waals surface area contributed by atoms with Gasteiger partial charge >= 0.3 is 7.82 Å². The lowest BCUT2D eigenvalue weighted by molar-refractivity contribution is -0.970. The van der Waals surface area contributed by atoms with Gasteiger partial charge < -0.3 is 4.89 Å². The molecule has 2 heterocycles. The van der Waals surface area contributed by atoms with E-state index >= 15 is 0 Å². The number of hydrogen-bond acceptors (Lipinski definition) is 3. The Morgan fingerprint density at radius 2 is 1.29 bits per heavy atom. The van der Waals surface area contributed by atoms with Gasteiger partial charge in [0.1, 0.15) is 0 Å². The third-order valence-corrected chi connectivity index (χ3v) is 8.70. The molecular formula is C25H51NO4P+. The summed E-state index contributed by atoms with van der Waals surface area (Å²) in [7, 11) is 0.336. The van der Waals surface area contributed by atoms with Crippen molar-refractivity contribution in [2.24, 2.45) is 0 Å². The van der Waals surface area contributed by atoms with Gasteiger partial charge in [-0.1, -0.05) is 103 Å². The molecule has 0 saturated carbocycles. The van der Waals surface area contributed by atoms with E-state index in [4.69, 9.17) is 9.05 Å². The van der Waals surface area contributed by atoms with E-state index in [1.165, 1.54) is 96.3 Å². The third-order valence-electron chi connectivity index (χ3n) is 7.63. The van der Waals surface area contributed by atoms with Crippen LogP contribution in [0, 0.1) is 0 Å². The number of quaternary nitrogens is 1. The number of unbranched alkanes of at least 4 members (excludes halogenated alkanes) is 15. The molecule has 0 bridgehead atoms. The first-order valence-corrected chi connectivity index (χ1v) is 14.9. The largest absolute Gasteiger partial charge is 0.477 e. The highest BCUT2D eigenvalue weighted by Crippen LogP contribution is 2.62. The number of hydrogen-bond donors (Lipinski definition) is 1. The van der Waals surface area contributed by atoms with Gasteiger partial charge in [-0.05, 0) is 19.3 Å². The first kappa shape index (κ1) is 27.3. The molecule has 2 saturated heterocycles. The summed E-state index contributed by atoms with van der Waals surface area (Å²) in [6, 6.07) is 0. The molecule has 3 unspecified atom stereocenters. The van der Waals surface area contributed by atoms with Gasteiger partial charge in [-0.15, -0.1) is 0 Å². The summed E-state index contributed by atoms with van der Waals surface area (Å²) in [4.78, 5) is 9.96. The lowest BCUT2D eigenvalue weighted by Gasteiger charge is -2.49. The molecule has 0 aromatic carbocycles. The minimum atomic E-state index is -3.90. The molecule has 0 aromatic heterocycles. The Morgan fingerprint density at radius 3 is 1.77 bits per heavy atom. The Hall–Kier alpha value is 0.0700. The minimum Gasteiger partial charge on any atom is -0.302 e. The summed E-state index contributed by atoms with van der Waals surface area (Å²) >= 11 is 0. The molecule has 0 aromatic rings. The number of fused-ring (bicyclic) bond motifs is 1. The SMILES string of the molecule is CCCCCCCCCCCCCCCCCCC12OP(=O)(O)OC1CCC[N+]2(C)C. The standard InChI is InChI=1S/C25H50NO4P/c1-4-5-6-7-8-9-10-11-12-13-14-15-16-17-18-19-22-25-24(29-31(27,28)30-25)21-20-23-26(25,2)3/h24H,4-23H2,1-3H3/p+1. The normalized spacial score (nSPS) is 29.9. The van der Waals surface area contributed by atoms with Crippen molar-refractivity contribution in [3.05, 3.63) is 0 Å². The molecule has 2 rings (SSSR count). The van der Waals surface area contributed by atoms with Crippen LogP contribution in [-0.2, 0) is 13.6 Å². The van der Waals surface area contributed by atoms with Crippen LogP contribution in [0.5, 0.6) is 0 Å². The number of likely N-dealkylation sites (tertiary alicyclic amines) is 1. The van der Waals surface area contributed by atoms with E-state index < -0.39 is 13.5 Å². The summed E-state index contributed by atoms with van der Waals surface area (Å²) in [5.74, 6) is 0. The van der Waals surface area contributed by atoms with Gasteiger partial charge in [0.2, 0.25) is 5.72 Å². The molecule has 2 fully saturated rings. The quantitative estimate of drug-likeness (QED) is 0.137. The van der Waals surface area contributed by atoms with Crippen molar-refractivity contribution < 1.29 is 23.0 Å². The predicted octanol–water partition coefficient (Wildman–Crippen LogP) is 7.72. The van der Waals surface area contributed by atoms with Crippen molar-refractivity contribution >= 4 is 7.82 Å². The van der Waals surface area contributed by atoms with Crippen molar-refractivity contribution in [3.63, 3.8) is 0 Å². The first-order chi connectivity index (χ1) is 14.8. The molecule has 0 radical (unpaired) electrons. The fourth-order valence-corrected chi connectivity index (χ4v) is 7.06. The summed E-state index contributed by atoms with van der Waals surface area (Å²) in [5.41, 5.74) is -0.640. The van der Waals surface area contributed by atoms with Crippen molar-refractivity contribution in [1.82, 2.24) is 0 Å². The highest BCUT2D eigenvalue weighted by molar-refractivity contribution is 7.47. The van der Waals surface area contributed by atoms with Crippen LogP contribution in [0.3, 0.4) is 0 Å². The Balaban J connectivity index is 1.48. The van der Waals surface area contributed by atoms with Crippen LogP contribution in [0.25, 0.3) is 0 Å². The molecular weight excluding hydrogens is 409 g/mol. The first-order valence-electron chi connectivity index (χ1n) is 13.4. The van der Waals surface area contributed by atoms with E-state index in [9.17, 15) is 9.46 Å². The summed E-state index contributed by atoms with van der Waals surface area (Å²) in [5, 5.41) is 0. The maximum atomic E-state index is 12.1. The van der Waals surface area contributed by atoms with Crippen molar-refractivity contribution in [2.45, 2.75) is 141 Å². The molecule has 0 spiro atoms. The molecule has 31 heavy (non-hydrogen) atoms. The second-order valence-corrected chi connectivity index (χ2v) is 11.9. The molecule has 2 aliphatic rings. The van der Waals surface area contributed by atoms with Gasteiger partial charge in [-0.2, -0.15) is 0 Å². The molecule has 3 atom stereocenters. The number of phosphoric acid groups is 1. The van der Waals surface area contributed by atoms with Crippen LogP contribution in [-0.4, -0.2) is 41.8 Å². The topological polar surface area (TPSA) is 55.8 Å². The van der Waals surface area contributed by atoms with Gasteiger partial charge in [-0.25, -0.2) is 9.09 Å². The molecule has 0 aliphatic carbocycles. The van der Waals surface area contributed by atoms with Gasteiger partial charge in [-0.3, -0.25) is 9.01 Å². The minimum absolute atomic E-state index is 0.247. The van der Waals surface area contributed by atoms with Gasteiger partial charge in [0.15, 0.2) is 6.10 Å². The third kappa shape index (κ3) is 8.74. The Bertz CT molecular complexity index is 542. The van der Waals surface area contributed by atoms with Crippen molar-refractivity contribution in [2.75, 3.05) is 20.6 Å². The van der Waals surface area contributed by atoms with E-state index in [2.05, 4.69) is 21.0 Å². The Kier molecular flexibility index (Phi) is 12.1. The summed E-state index contributed by atoms with van der Waals surface area (Å²) < 4.78 is 24.0. The number of piperidine rings is 1. The van der Waals surface area contributed by atoms with Crippen molar-refractivity contribution in [1.29, 1.82) is 0 Å². The zero-order valence-electron chi connectivity index (χ0n) is 20.8. The van der Waals surface area contributed by atoms with Gasteiger partial charge in [0.25, 0.3) is 0 Å². The highest BCUT2D eigenvalue weighted by atomic mass is 31.2. The van der Waals surface area contributed by atoms with Crippen LogP contribution in [0.2, 0.25) is 0 Å². The predicted molar refractivity (Wildman–Crippen MR) is 129 cm³/mol. The van der Waals surface area contributed by atoms with Crippen LogP contribution < -0.4 is 0 Å². The molecule has 0 amide bonds. The second kappa shape index (κ2) is 13.7. The second-order valence-electron chi connectivity index (χ2n) is 10.6. The van der Waals surface area contributed by atoms with Gasteiger partial charge in [0, 0.05) is 6.42 Å². The fraction of sp³-hybridized carbons (Fsp3) is 1.00. The highest BCUT2D eigenvalue weighted by Gasteiger charge is 2.65. The van der Waals surface area contributed by atoms with E-state index in [0.717, 1.165) is 32.2 Å². The summed E-state index contributed by atoms with van der Waals surface area (Å²) in [6.45, 7) is 3.25. The molecule has 184 valence electrons. The average Bonchev–Trinajstić information content (AvgIpc) is 2.99. The maximum Gasteiger partial charge on any atom is 0.477 e. The molecule has 1 N–H and O–H groups in total. The van der Waals surface area contributed by atoms with E-state index in [1.807, 2.05) is 0 Å². The number of phosphoric ester groups is 1. The lowest BCUT2D eigenvalue weighted by atomic mass is 9.88. The molecule has 2 aliphatic heterocycles. The van der Waals surface area contributed by atoms with Crippen molar-refractivity contribution in [3.8, 4) is 0 Å². The van der Waals surface area contributed by atoms with E-state index in [0.29, 0.717) is 4.48 Å². The lowest BCUT2D eigenvalue weighted by Crippen LogP contribution is -2.67. The number of likely N-dealkylation sites (N-methyl/N-ethyl adjacent to an activating group) is 1. The van der Waals surface area contributed by atoms with E-state index in [-0.39, 0.29) is 6.10 Å². The summed E-state index contributed by atoms with van der Waals surface area (Å²) in [6.07, 6.45) is 24.0. The van der Waals surface area contributed by atoms with E-state index in [1.54, 1.807) is 0 Å². The van der Waals surface area contributed by atoms with Crippen LogP contribution in [0.1, 0.15) is 129 Å². The van der Waals surface area contributed by atoms with Crippen LogP contribution >= 0.6 is 7.82 Å². The number of rotatable bonds is 17. The zero-order chi connectivity index (χ0) is 22.6. The fourth-order valence-electron chi connectivity index (χ4n) is 5.60. The maximum absolute atomic E-state index is 12.1. The smallest absolute Gasteiger partial charge is 0.302 e. The number of nitrogens with zero attached hydrogens (tertiary/aromatic N) is 1. The van der Waals surface area contributed by atoms with Gasteiger partial charge in [0.05, 0.1) is 20.6 Å². The average molecular weight is 461 g/mol. The Morgan fingerprint density at radius 1 is 0.839 bits per heavy atom. The monoisotopic (exact) mass is 460 g/mol. The van der Waals surface area contributed by atoms with Crippen LogP contribution in [0.15, 0.2) is 0 Å². The molecule has 5 nitrogen and oxygen atoms in total.